The molecule has 0 atom stereocenters. The van der Waals surface area contributed by atoms with Crippen LogP contribution < -0.4 is 5.43 Å². The van der Waals surface area contributed by atoms with Crippen LogP contribution in [0.4, 0.5) is 0 Å². The highest BCUT2D eigenvalue weighted by Crippen LogP contribution is 2.43. The summed E-state index contributed by atoms with van der Waals surface area (Å²) in [5.74, 6) is -0.0257. The third-order valence-corrected chi connectivity index (χ3v) is 5.16. The van der Waals surface area contributed by atoms with Crippen molar-refractivity contribution in [3.63, 3.8) is 0 Å². The lowest BCUT2D eigenvalue weighted by molar-refractivity contribution is 0.104. The molecule has 1 aliphatic rings. The minimum absolute atomic E-state index is 0.0257. The monoisotopic (exact) mass is 296 g/mol. The number of rotatable bonds is 3. The minimum Gasteiger partial charge on any atom is -0.290 e. The van der Waals surface area contributed by atoms with E-state index in [-0.39, 0.29) is 11.2 Å². The zero-order chi connectivity index (χ0) is 13.3. The maximum absolute atomic E-state index is 12.3. The van der Waals surface area contributed by atoms with Crippen LogP contribution in [0.5, 0.6) is 0 Å². The number of Topliss-reactive ketones (excluding diaryl/α,β-unsaturated/α-hetero) is 1. The number of hydrogen-bond donors (Lipinski definition) is 0. The Morgan fingerprint density at radius 3 is 2.00 bits per heavy atom. The van der Waals surface area contributed by atoms with Gasteiger partial charge in [0.1, 0.15) is 0 Å². The number of hydrogen-bond acceptors (Lipinski definition) is 5. The zero-order valence-electron chi connectivity index (χ0n) is 10.3. The minimum atomic E-state index is -0.114. The van der Waals surface area contributed by atoms with Gasteiger partial charge < -0.3 is 0 Å². The van der Waals surface area contributed by atoms with E-state index in [0.717, 1.165) is 20.3 Å². The topological polar surface area (TPSA) is 34.1 Å². The predicted molar refractivity (Wildman–Crippen MR) is 82.8 cm³/mol. The van der Waals surface area contributed by atoms with Crippen LogP contribution in [-0.2, 0) is 0 Å². The van der Waals surface area contributed by atoms with Gasteiger partial charge in [0.15, 0.2) is 5.43 Å². The van der Waals surface area contributed by atoms with Crippen LogP contribution in [0.3, 0.4) is 0 Å². The number of ketones is 1. The SMILES string of the molecule is CSC1=C(SC)c2cc(SC)cc(=O)cc2C1=O. The molecule has 2 rings (SSSR count). The van der Waals surface area contributed by atoms with Gasteiger partial charge in [-0.1, -0.05) is 0 Å². The fraction of sp³-hybridized carbons (Fsp3) is 0.231. The average molecular weight is 296 g/mol. The Morgan fingerprint density at radius 2 is 1.44 bits per heavy atom. The third kappa shape index (κ3) is 2.27. The molecule has 0 heterocycles. The number of fused-ring (bicyclic) bond motifs is 1. The maximum atomic E-state index is 12.3. The lowest BCUT2D eigenvalue weighted by atomic mass is 10.2. The Bertz CT molecular complexity index is 606. The highest BCUT2D eigenvalue weighted by molar-refractivity contribution is 8.10. The van der Waals surface area contributed by atoms with E-state index >= 15 is 0 Å². The van der Waals surface area contributed by atoms with Crippen molar-refractivity contribution in [2.24, 2.45) is 0 Å². The molecular formula is C13H12O2S3. The van der Waals surface area contributed by atoms with Crippen molar-refractivity contribution in [2.75, 3.05) is 18.8 Å². The Hall–Kier alpha value is -0.650. The van der Waals surface area contributed by atoms with Gasteiger partial charge >= 0.3 is 0 Å². The molecule has 1 aromatic rings. The van der Waals surface area contributed by atoms with E-state index in [1.54, 1.807) is 17.8 Å². The summed E-state index contributed by atoms with van der Waals surface area (Å²) in [6.07, 6.45) is 5.77. The first-order chi connectivity index (χ1) is 8.62. The molecule has 1 aromatic carbocycles. The van der Waals surface area contributed by atoms with Gasteiger partial charge in [0.25, 0.3) is 0 Å². The van der Waals surface area contributed by atoms with Crippen molar-refractivity contribution in [2.45, 2.75) is 4.90 Å². The fourth-order valence-electron chi connectivity index (χ4n) is 1.89. The second-order valence-electron chi connectivity index (χ2n) is 3.66. The predicted octanol–water partition coefficient (Wildman–Crippen LogP) is 3.36. The highest BCUT2D eigenvalue weighted by Gasteiger charge is 2.28. The van der Waals surface area contributed by atoms with Gasteiger partial charge in [-0.05, 0) is 37.0 Å². The van der Waals surface area contributed by atoms with Gasteiger partial charge in [-0.15, -0.1) is 35.3 Å². The molecule has 94 valence electrons. The molecule has 1 aliphatic carbocycles. The van der Waals surface area contributed by atoms with Crippen LogP contribution in [0.25, 0.3) is 4.91 Å². The smallest absolute Gasteiger partial charge is 0.201 e. The molecule has 2 nitrogen and oxygen atoms in total. The Kier molecular flexibility index (Phi) is 4.25. The van der Waals surface area contributed by atoms with E-state index < -0.39 is 0 Å². The van der Waals surface area contributed by atoms with E-state index in [9.17, 15) is 9.59 Å². The summed E-state index contributed by atoms with van der Waals surface area (Å²) in [5.41, 5.74) is 1.31. The van der Waals surface area contributed by atoms with Crippen LogP contribution >= 0.6 is 35.3 Å². The van der Waals surface area contributed by atoms with Crippen molar-refractivity contribution in [3.05, 3.63) is 44.5 Å². The summed E-state index contributed by atoms with van der Waals surface area (Å²) in [5, 5.41) is 0. The quantitative estimate of drug-likeness (QED) is 0.799. The number of carbonyl (C=O) groups excluding carboxylic acids is 1. The van der Waals surface area contributed by atoms with Gasteiger partial charge in [0.05, 0.1) is 4.91 Å². The van der Waals surface area contributed by atoms with Crippen molar-refractivity contribution in [3.8, 4) is 0 Å². The molecule has 0 saturated carbocycles. The van der Waals surface area contributed by atoms with Gasteiger partial charge in [-0.3, -0.25) is 9.59 Å². The Morgan fingerprint density at radius 1 is 0.778 bits per heavy atom. The summed E-state index contributed by atoms with van der Waals surface area (Å²) in [6, 6.07) is 4.97. The van der Waals surface area contributed by atoms with Gasteiger partial charge in [-0.2, -0.15) is 0 Å². The first-order valence-electron chi connectivity index (χ1n) is 5.23. The molecule has 0 aromatic heterocycles. The zero-order valence-corrected chi connectivity index (χ0v) is 12.7. The fourth-order valence-corrected chi connectivity index (χ4v) is 4.12. The first kappa shape index (κ1) is 13.8. The number of thioether (sulfide) groups is 3. The van der Waals surface area contributed by atoms with Gasteiger partial charge in [0.2, 0.25) is 5.78 Å². The summed E-state index contributed by atoms with van der Waals surface area (Å²) >= 11 is 4.52. The normalized spacial score (nSPS) is 14.1. The average Bonchev–Trinajstić information content (AvgIpc) is 2.50. The summed E-state index contributed by atoms with van der Waals surface area (Å²) < 4.78 is 0. The van der Waals surface area contributed by atoms with E-state index in [4.69, 9.17) is 0 Å². The maximum Gasteiger partial charge on any atom is 0.201 e. The standard InChI is InChI=1S/C13H12O2S3/c1-16-8-4-7(14)5-9-10(6-8)12(17-2)13(18-3)11(9)15/h4-6H,1-3H3. The second-order valence-corrected chi connectivity index (χ2v) is 6.18. The molecule has 0 fully saturated rings. The van der Waals surface area contributed by atoms with Crippen molar-refractivity contribution in [1.82, 2.24) is 0 Å². The van der Waals surface area contributed by atoms with E-state index in [1.165, 1.54) is 29.6 Å². The lowest BCUT2D eigenvalue weighted by Gasteiger charge is -2.00. The van der Waals surface area contributed by atoms with Gasteiger partial charge in [-0.25, -0.2) is 0 Å². The molecular weight excluding hydrogens is 284 g/mol. The van der Waals surface area contributed by atoms with Crippen molar-refractivity contribution >= 4 is 46.0 Å². The Labute approximate surface area is 119 Å². The molecule has 0 unspecified atom stereocenters. The molecule has 0 radical (unpaired) electrons. The van der Waals surface area contributed by atoms with Crippen LogP contribution in [0.15, 0.2) is 32.8 Å². The van der Waals surface area contributed by atoms with Gasteiger partial charge in [0, 0.05) is 20.9 Å². The number of allylic oxidation sites excluding steroid dienone is 1. The van der Waals surface area contributed by atoms with E-state index in [2.05, 4.69) is 0 Å². The molecule has 0 saturated heterocycles. The molecule has 0 amide bonds. The molecule has 18 heavy (non-hydrogen) atoms. The Balaban J connectivity index is 2.78. The summed E-state index contributed by atoms with van der Waals surface area (Å²) in [4.78, 5) is 26.6. The summed E-state index contributed by atoms with van der Waals surface area (Å²) in [7, 11) is 0. The second kappa shape index (κ2) is 5.55. The molecule has 0 aliphatic heterocycles. The molecule has 0 bridgehead atoms. The van der Waals surface area contributed by atoms with Crippen molar-refractivity contribution < 1.29 is 4.79 Å². The largest absolute Gasteiger partial charge is 0.290 e. The van der Waals surface area contributed by atoms with Crippen LogP contribution in [0, 0.1) is 0 Å². The molecule has 0 spiro atoms. The number of carbonyl (C=O) groups is 1. The third-order valence-electron chi connectivity index (χ3n) is 2.69. The van der Waals surface area contributed by atoms with Crippen LogP contribution in [-0.4, -0.2) is 24.6 Å². The lowest BCUT2D eigenvalue weighted by Crippen LogP contribution is -2.00. The summed E-state index contributed by atoms with van der Waals surface area (Å²) in [6.45, 7) is 0. The first-order valence-corrected chi connectivity index (χ1v) is 8.90. The van der Waals surface area contributed by atoms with E-state index in [0.29, 0.717) is 5.56 Å². The van der Waals surface area contributed by atoms with E-state index in [1.807, 2.05) is 24.8 Å². The van der Waals surface area contributed by atoms with Crippen molar-refractivity contribution in [1.29, 1.82) is 0 Å². The highest BCUT2D eigenvalue weighted by atomic mass is 32.2. The molecule has 5 heteroatoms. The van der Waals surface area contributed by atoms with Crippen LogP contribution in [0.2, 0.25) is 0 Å². The van der Waals surface area contributed by atoms with Crippen LogP contribution in [0.1, 0.15) is 15.9 Å². The molecule has 0 N–H and O–H groups in total.